The average molecular weight is 322 g/mol. The van der Waals surface area contributed by atoms with Crippen LogP contribution in [0.15, 0.2) is 36.7 Å². The first-order valence-electron chi connectivity index (χ1n) is 7.90. The number of anilines is 1. The molecule has 4 rings (SSSR count). The summed E-state index contributed by atoms with van der Waals surface area (Å²) in [6.45, 7) is 2.38. The van der Waals surface area contributed by atoms with Crippen molar-refractivity contribution >= 4 is 27.6 Å². The molecule has 4 N–H and O–H groups in total. The molecule has 3 aromatic heterocycles. The summed E-state index contributed by atoms with van der Waals surface area (Å²) >= 11 is 0. The lowest BCUT2D eigenvalue weighted by molar-refractivity contribution is 0.145. The van der Waals surface area contributed by atoms with Crippen LogP contribution in [0.4, 0.5) is 5.82 Å². The topological polar surface area (TPSA) is 106 Å². The minimum atomic E-state index is -0.425. The summed E-state index contributed by atoms with van der Waals surface area (Å²) < 4.78 is 1.73. The first-order chi connectivity index (χ1) is 11.7. The molecule has 0 spiro atoms. The van der Waals surface area contributed by atoms with E-state index >= 15 is 0 Å². The maximum Gasteiger partial charge on any atom is 0.135 e. The van der Waals surface area contributed by atoms with Crippen LogP contribution in [-0.2, 0) is 6.54 Å². The van der Waals surface area contributed by atoms with E-state index in [4.69, 9.17) is 5.73 Å². The van der Waals surface area contributed by atoms with Crippen LogP contribution in [0.1, 0.15) is 13.3 Å². The largest absolute Gasteiger partial charge is 0.391 e. The highest BCUT2D eigenvalue weighted by Crippen LogP contribution is 2.29. The van der Waals surface area contributed by atoms with Crippen molar-refractivity contribution in [1.29, 1.82) is 0 Å². The Balaban J connectivity index is 1.87. The van der Waals surface area contributed by atoms with Crippen molar-refractivity contribution in [1.82, 2.24) is 25.0 Å². The fourth-order valence-electron chi connectivity index (χ4n) is 2.84. The van der Waals surface area contributed by atoms with Gasteiger partial charge in [0.05, 0.1) is 29.2 Å². The Labute approximate surface area is 138 Å². The number of nitrogens with one attached hydrogen (secondary N) is 1. The van der Waals surface area contributed by atoms with Crippen LogP contribution in [0.3, 0.4) is 0 Å². The minimum absolute atomic E-state index is 0.425. The zero-order valence-corrected chi connectivity index (χ0v) is 13.3. The molecule has 24 heavy (non-hydrogen) atoms. The van der Waals surface area contributed by atoms with Crippen LogP contribution < -0.4 is 5.73 Å². The first-order valence-corrected chi connectivity index (χ1v) is 7.90. The monoisotopic (exact) mass is 322 g/mol. The zero-order chi connectivity index (χ0) is 16.7. The lowest BCUT2D eigenvalue weighted by Gasteiger charge is -2.06. The van der Waals surface area contributed by atoms with Gasteiger partial charge in [0.2, 0.25) is 0 Å². The van der Waals surface area contributed by atoms with Crippen molar-refractivity contribution in [2.24, 2.45) is 0 Å². The van der Waals surface area contributed by atoms with Gasteiger partial charge in [-0.2, -0.15) is 10.2 Å². The number of benzene rings is 1. The number of aromatic amines is 1. The molecule has 7 nitrogen and oxygen atoms in total. The second-order valence-corrected chi connectivity index (χ2v) is 5.86. The number of nitrogens with zero attached hydrogens (tertiary/aromatic N) is 4. The molecule has 0 radical (unpaired) electrons. The van der Waals surface area contributed by atoms with Crippen molar-refractivity contribution in [3.8, 4) is 11.3 Å². The lowest BCUT2D eigenvalue weighted by Crippen LogP contribution is -2.14. The molecule has 122 valence electrons. The second-order valence-electron chi connectivity index (χ2n) is 5.86. The summed E-state index contributed by atoms with van der Waals surface area (Å²) in [5.41, 5.74) is 9.52. The van der Waals surface area contributed by atoms with Crippen LogP contribution in [-0.4, -0.2) is 36.2 Å². The van der Waals surface area contributed by atoms with Crippen LogP contribution in [0, 0.1) is 0 Å². The van der Waals surface area contributed by atoms with Gasteiger partial charge in [0.25, 0.3) is 0 Å². The highest BCUT2D eigenvalue weighted by atomic mass is 16.3. The van der Waals surface area contributed by atoms with E-state index in [1.807, 2.05) is 37.4 Å². The van der Waals surface area contributed by atoms with Gasteiger partial charge in [0.1, 0.15) is 11.3 Å². The quantitative estimate of drug-likeness (QED) is 0.535. The fourth-order valence-corrected chi connectivity index (χ4v) is 2.84. The Morgan fingerprint density at radius 2 is 2.17 bits per heavy atom. The Hall–Kier alpha value is -2.93. The van der Waals surface area contributed by atoms with Crippen LogP contribution in [0.25, 0.3) is 33.1 Å². The number of hydrogen-bond acceptors (Lipinski definition) is 5. The van der Waals surface area contributed by atoms with Crippen LogP contribution in [0.5, 0.6) is 0 Å². The van der Waals surface area contributed by atoms with Gasteiger partial charge >= 0.3 is 0 Å². The molecule has 7 heteroatoms. The van der Waals surface area contributed by atoms with Gasteiger partial charge < -0.3 is 10.8 Å². The number of H-pyrrole nitrogens is 1. The van der Waals surface area contributed by atoms with Crippen LogP contribution >= 0.6 is 0 Å². The van der Waals surface area contributed by atoms with E-state index in [0.29, 0.717) is 18.8 Å². The molecule has 0 saturated heterocycles. The number of nitrogen functional groups attached to an aromatic ring is 1. The summed E-state index contributed by atoms with van der Waals surface area (Å²) in [7, 11) is 0. The smallest absolute Gasteiger partial charge is 0.135 e. The van der Waals surface area contributed by atoms with Crippen molar-refractivity contribution in [2.75, 3.05) is 5.73 Å². The Morgan fingerprint density at radius 1 is 1.29 bits per heavy atom. The molecule has 0 amide bonds. The van der Waals surface area contributed by atoms with Gasteiger partial charge in [-0.15, -0.1) is 0 Å². The fraction of sp³-hybridized carbons (Fsp3) is 0.235. The molecule has 4 aromatic rings. The van der Waals surface area contributed by atoms with Gasteiger partial charge in [-0.05, 0) is 24.6 Å². The van der Waals surface area contributed by atoms with E-state index in [1.165, 1.54) is 0 Å². The summed E-state index contributed by atoms with van der Waals surface area (Å²) in [6.07, 6.45) is 3.88. The van der Waals surface area contributed by atoms with E-state index in [1.54, 1.807) is 10.9 Å². The van der Waals surface area contributed by atoms with E-state index in [-0.39, 0.29) is 0 Å². The molecule has 0 fully saturated rings. The lowest BCUT2D eigenvalue weighted by atomic mass is 10.1. The van der Waals surface area contributed by atoms with Crippen molar-refractivity contribution in [3.05, 3.63) is 36.7 Å². The molecule has 0 aliphatic rings. The van der Waals surface area contributed by atoms with Gasteiger partial charge in [-0.1, -0.05) is 13.0 Å². The average Bonchev–Trinajstić information content (AvgIpc) is 3.24. The van der Waals surface area contributed by atoms with Gasteiger partial charge in [-0.25, -0.2) is 4.98 Å². The number of aromatic nitrogens is 5. The number of aliphatic hydroxyl groups excluding tert-OH is 1. The summed E-state index contributed by atoms with van der Waals surface area (Å²) in [5, 5.41) is 23.2. The molecule has 1 unspecified atom stereocenters. The normalized spacial score (nSPS) is 12.9. The number of pyridine rings is 1. The van der Waals surface area contributed by atoms with Crippen molar-refractivity contribution in [2.45, 2.75) is 26.0 Å². The number of rotatable bonds is 4. The highest BCUT2D eigenvalue weighted by Gasteiger charge is 2.13. The Kier molecular flexibility index (Phi) is 3.42. The summed E-state index contributed by atoms with van der Waals surface area (Å²) in [6, 6.07) is 7.85. The molecule has 1 aromatic carbocycles. The van der Waals surface area contributed by atoms with E-state index in [2.05, 4.69) is 20.3 Å². The van der Waals surface area contributed by atoms with E-state index in [0.717, 1.165) is 33.1 Å². The molecule has 1 atom stereocenters. The molecule has 0 bridgehead atoms. The molecular weight excluding hydrogens is 304 g/mol. The zero-order valence-electron chi connectivity index (χ0n) is 13.3. The Morgan fingerprint density at radius 3 is 2.92 bits per heavy atom. The second kappa shape index (κ2) is 5.61. The minimum Gasteiger partial charge on any atom is -0.391 e. The van der Waals surface area contributed by atoms with Crippen LogP contribution in [0.2, 0.25) is 0 Å². The highest BCUT2D eigenvalue weighted by molar-refractivity contribution is 6.08. The standard InChI is InChI=1S/C17H18N6O/c1-2-11(24)8-23-9-13-16(22-23)12-4-3-10(14-5-6-19-21-14)7-15(12)20-17(13)18/h3-7,9,11,24H,2,8H2,1H3,(H2,18,20)(H,19,21). The summed E-state index contributed by atoms with van der Waals surface area (Å²) in [4.78, 5) is 4.51. The van der Waals surface area contributed by atoms with E-state index in [9.17, 15) is 5.11 Å². The van der Waals surface area contributed by atoms with Gasteiger partial charge in [0.15, 0.2) is 0 Å². The Bertz CT molecular complexity index is 1000. The predicted molar refractivity (Wildman–Crippen MR) is 93.3 cm³/mol. The number of aliphatic hydroxyl groups is 1. The first kappa shape index (κ1) is 14.6. The maximum atomic E-state index is 9.84. The predicted octanol–water partition coefficient (Wildman–Crippen LogP) is 2.33. The van der Waals surface area contributed by atoms with E-state index < -0.39 is 6.10 Å². The van der Waals surface area contributed by atoms with Crippen molar-refractivity contribution < 1.29 is 5.11 Å². The molecule has 0 aliphatic heterocycles. The van der Waals surface area contributed by atoms with Gasteiger partial charge in [0, 0.05) is 23.3 Å². The third-order valence-electron chi connectivity index (χ3n) is 4.20. The molecule has 0 saturated carbocycles. The molecular formula is C17H18N6O. The summed E-state index contributed by atoms with van der Waals surface area (Å²) in [5.74, 6) is 0.439. The molecule has 3 heterocycles. The SMILES string of the molecule is CCC(O)Cn1cc2c(N)nc3cc(-c4cc[nH]n4)ccc3c2n1. The number of fused-ring (bicyclic) bond motifs is 3. The van der Waals surface area contributed by atoms with Crippen molar-refractivity contribution in [3.63, 3.8) is 0 Å². The molecule has 0 aliphatic carbocycles. The van der Waals surface area contributed by atoms with Gasteiger partial charge in [-0.3, -0.25) is 9.78 Å². The number of nitrogens with two attached hydrogens (primary N) is 1. The third-order valence-corrected chi connectivity index (χ3v) is 4.20. The maximum absolute atomic E-state index is 9.84. The third kappa shape index (κ3) is 2.39. The number of hydrogen-bond donors (Lipinski definition) is 3.